The fourth-order valence-corrected chi connectivity index (χ4v) is 1.85. The van der Waals surface area contributed by atoms with Crippen LogP contribution in [-0.2, 0) is 0 Å². The predicted octanol–water partition coefficient (Wildman–Crippen LogP) is 2.90. The molecule has 0 spiro atoms. The summed E-state index contributed by atoms with van der Waals surface area (Å²) in [7, 11) is 0. The summed E-state index contributed by atoms with van der Waals surface area (Å²) in [6, 6.07) is 14.1. The van der Waals surface area contributed by atoms with Crippen molar-refractivity contribution in [2.45, 2.75) is 0 Å². The van der Waals surface area contributed by atoms with Crippen LogP contribution in [0.3, 0.4) is 0 Å². The van der Waals surface area contributed by atoms with E-state index in [2.05, 4.69) is 17.2 Å². The molecular weight excluding hydrogens is 272 g/mol. The van der Waals surface area contributed by atoms with Crippen molar-refractivity contribution >= 4 is 23.2 Å². The summed E-state index contributed by atoms with van der Waals surface area (Å²) < 4.78 is 0. The Morgan fingerprint density at radius 1 is 1.20 bits per heavy atom. The molecular formula is C16H13ClN2O. The van der Waals surface area contributed by atoms with Crippen LogP contribution in [0.4, 0.5) is 5.69 Å². The quantitative estimate of drug-likeness (QED) is 0.833. The number of anilines is 1. The van der Waals surface area contributed by atoms with Crippen molar-refractivity contribution in [2.24, 2.45) is 5.73 Å². The van der Waals surface area contributed by atoms with Gasteiger partial charge < -0.3 is 11.1 Å². The van der Waals surface area contributed by atoms with Gasteiger partial charge in [0.25, 0.3) is 5.91 Å². The number of nitrogens with one attached hydrogen (secondary N) is 1. The van der Waals surface area contributed by atoms with Crippen molar-refractivity contribution in [3.05, 3.63) is 64.7 Å². The fraction of sp³-hybridized carbons (Fsp3) is 0.0625. The smallest absolute Gasteiger partial charge is 0.255 e. The zero-order valence-corrected chi connectivity index (χ0v) is 11.4. The highest BCUT2D eigenvalue weighted by Gasteiger charge is 2.06. The molecule has 3 nitrogen and oxygen atoms in total. The monoisotopic (exact) mass is 284 g/mol. The number of rotatable bonds is 2. The molecule has 0 aromatic heterocycles. The zero-order valence-electron chi connectivity index (χ0n) is 10.7. The molecule has 0 heterocycles. The first kappa shape index (κ1) is 14.1. The number of halogens is 1. The molecule has 0 aliphatic rings. The number of hydrogen-bond donors (Lipinski definition) is 2. The van der Waals surface area contributed by atoms with E-state index in [4.69, 9.17) is 17.3 Å². The molecule has 100 valence electrons. The van der Waals surface area contributed by atoms with Crippen molar-refractivity contribution < 1.29 is 4.79 Å². The molecule has 3 N–H and O–H groups in total. The third-order valence-electron chi connectivity index (χ3n) is 2.54. The minimum atomic E-state index is -0.205. The van der Waals surface area contributed by atoms with Crippen LogP contribution in [0, 0.1) is 11.8 Å². The normalized spacial score (nSPS) is 9.50. The zero-order chi connectivity index (χ0) is 14.4. The van der Waals surface area contributed by atoms with Gasteiger partial charge in [-0.05, 0) is 36.4 Å². The number of carbonyl (C=O) groups excluding carboxylic acids is 1. The maximum absolute atomic E-state index is 12.1. The number of amides is 1. The average molecular weight is 285 g/mol. The first-order chi connectivity index (χ1) is 9.69. The molecule has 0 radical (unpaired) electrons. The first-order valence-corrected chi connectivity index (χ1v) is 6.43. The highest BCUT2D eigenvalue weighted by atomic mass is 35.5. The van der Waals surface area contributed by atoms with E-state index in [0.29, 0.717) is 22.8 Å². The lowest BCUT2D eigenvalue weighted by Crippen LogP contribution is -2.11. The van der Waals surface area contributed by atoms with Gasteiger partial charge in [-0.1, -0.05) is 35.6 Å². The molecule has 1 amide bonds. The van der Waals surface area contributed by atoms with Gasteiger partial charge in [0.2, 0.25) is 0 Å². The van der Waals surface area contributed by atoms with Gasteiger partial charge in [-0.25, -0.2) is 0 Å². The van der Waals surface area contributed by atoms with Gasteiger partial charge in [0, 0.05) is 21.8 Å². The second kappa shape index (κ2) is 6.76. The summed E-state index contributed by atoms with van der Waals surface area (Å²) in [5, 5.41) is 3.36. The summed E-state index contributed by atoms with van der Waals surface area (Å²) in [5.41, 5.74) is 7.27. The molecule has 0 saturated carbocycles. The van der Waals surface area contributed by atoms with Gasteiger partial charge >= 0.3 is 0 Å². The topological polar surface area (TPSA) is 55.1 Å². The molecule has 2 rings (SSSR count). The van der Waals surface area contributed by atoms with E-state index >= 15 is 0 Å². The highest BCUT2D eigenvalue weighted by Crippen LogP contribution is 2.16. The van der Waals surface area contributed by atoms with Crippen LogP contribution in [-0.4, -0.2) is 12.5 Å². The standard InChI is InChI=1S/C16H13ClN2O/c17-14-7-2-8-15(11-14)19-16(20)13-6-1-4-12(10-13)5-3-9-18/h1-2,4,6-8,10-11H,9,18H2,(H,19,20). The second-order valence-electron chi connectivity index (χ2n) is 4.05. The lowest BCUT2D eigenvalue weighted by Gasteiger charge is -2.05. The Bertz CT molecular complexity index is 686. The van der Waals surface area contributed by atoms with Gasteiger partial charge in [0.15, 0.2) is 0 Å². The van der Waals surface area contributed by atoms with E-state index < -0.39 is 0 Å². The largest absolute Gasteiger partial charge is 0.322 e. The Hall–Kier alpha value is -2.28. The Labute approximate surface area is 122 Å². The van der Waals surface area contributed by atoms with Crippen molar-refractivity contribution in [1.29, 1.82) is 0 Å². The molecule has 20 heavy (non-hydrogen) atoms. The Kier molecular flexibility index (Phi) is 4.78. The van der Waals surface area contributed by atoms with E-state index in [0.717, 1.165) is 5.56 Å². The Morgan fingerprint density at radius 2 is 2.00 bits per heavy atom. The maximum Gasteiger partial charge on any atom is 0.255 e. The third-order valence-corrected chi connectivity index (χ3v) is 2.78. The molecule has 0 aliphatic carbocycles. The van der Waals surface area contributed by atoms with Crippen LogP contribution in [0.25, 0.3) is 0 Å². The van der Waals surface area contributed by atoms with Crippen LogP contribution in [0.2, 0.25) is 5.02 Å². The van der Waals surface area contributed by atoms with Crippen LogP contribution < -0.4 is 11.1 Å². The Morgan fingerprint density at radius 3 is 2.75 bits per heavy atom. The molecule has 0 aliphatic heterocycles. The summed E-state index contributed by atoms with van der Waals surface area (Å²) in [6.07, 6.45) is 0. The number of hydrogen-bond acceptors (Lipinski definition) is 2. The Balaban J connectivity index is 2.17. The highest BCUT2D eigenvalue weighted by molar-refractivity contribution is 6.30. The fourth-order valence-electron chi connectivity index (χ4n) is 1.66. The maximum atomic E-state index is 12.1. The van der Waals surface area contributed by atoms with Crippen molar-refractivity contribution in [3.8, 4) is 11.8 Å². The molecule has 4 heteroatoms. The summed E-state index contributed by atoms with van der Waals surface area (Å²) in [5.74, 6) is 5.45. The van der Waals surface area contributed by atoms with Gasteiger partial charge in [-0.2, -0.15) is 0 Å². The van der Waals surface area contributed by atoms with E-state index in [-0.39, 0.29) is 5.91 Å². The van der Waals surface area contributed by atoms with Crippen molar-refractivity contribution in [2.75, 3.05) is 11.9 Å². The van der Waals surface area contributed by atoms with Gasteiger partial charge in [-0.15, -0.1) is 0 Å². The van der Waals surface area contributed by atoms with Crippen molar-refractivity contribution in [1.82, 2.24) is 0 Å². The molecule has 0 saturated heterocycles. The van der Waals surface area contributed by atoms with Gasteiger partial charge in [0.05, 0.1) is 6.54 Å². The van der Waals surface area contributed by atoms with E-state index in [9.17, 15) is 4.79 Å². The van der Waals surface area contributed by atoms with Gasteiger partial charge in [-0.3, -0.25) is 4.79 Å². The van der Waals surface area contributed by atoms with Crippen LogP contribution >= 0.6 is 11.6 Å². The SMILES string of the molecule is NCC#Cc1cccc(C(=O)Nc2cccc(Cl)c2)c1. The summed E-state index contributed by atoms with van der Waals surface area (Å²) >= 11 is 5.88. The van der Waals surface area contributed by atoms with E-state index in [1.807, 2.05) is 6.07 Å². The van der Waals surface area contributed by atoms with E-state index in [1.165, 1.54) is 0 Å². The van der Waals surface area contributed by atoms with Crippen LogP contribution in [0.1, 0.15) is 15.9 Å². The minimum absolute atomic E-state index is 0.205. The third kappa shape index (κ3) is 3.86. The van der Waals surface area contributed by atoms with Crippen molar-refractivity contribution in [3.63, 3.8) is 0 Å². The van der Waals surface area contributed by atoms with Gasteiger partial charge in [0.1, 0.15) is 0 Å². The number of carbonyl (C=O) groups is 1. The lowest BCUT2D eigenvalue weighted by molar-refractivity contribution is 0.102. The molecule has 0 unspecified atom stereocenters. The minimum Gasteiger partial charge on any atom is -0.322 e. The number of benzene rings is 2. The van der Waals surface area contributed by atoms with E-state index in [1.54, 1.807) is 42.5 Å². The molecule has 0 atom stereocenters. The molecule has 2 aromatic rings. The van der Waals surface area contributed by atoms with Crippen LogP contribution in [0.15, 0.2) is 48.5 Å². The summed E-state index contributed by atoms with van der Waals surface area (Å²) in [4.78, 5) is 12.1. The molecule has 0 fully saturated rings. The van der Waals surface area contributed by atoms with Crippen LogP contribution in [0.5, 0.6) is 0 Å². The first-order valence-electron chi connectivity index (χ1n) is 6.05. The molecule has 0 bridgehead atoms. The summed E-state index contributed by atoms with van der Waals surface area (Å²) in [6.45, 7) is 0.291. The predicted molar refractivity (Wildman–Crippen MR) is 81.8 cm³/mol. The average Bonchev–Trinajstić information content (AvgIpc) is 2.45. The second-order valence-corrected chi connectivity index (χ2v) is 4.49. The number of nitrogens with two attached hydrogens (primary N) is 1. The lowest BCUT2D eigenvalue weighted by atomic mass is 10.1. The molecule has 2 aromatic carbocycles.